The minimum Gasteiger partial charge on any atom is -0.391 e. The third kappa shape index (κ3) is 4.67. The summed E-state index contributed by atoms with van der Waals surface area (Å²) in [6, 6.07) is 7.93. The summed E-state index contributed by atoms with van der Waals surface area (Å²) in [5.41, 5.74) is 4.02. The molecule has 29 heavy (non-hydrogen) atoms. The first kappa shape index (κ1) is 20.0. The topological polar surface area (TPSA) is 83.3 Å². The molecule has 7 heteroatoms. The normalized spacial score (nSPS) is 27.0. The lowest BCUT2D eigenvalue weighted by atomic mass is 9.77. The van der Waals surface area contributed by atoms with Crippen LogP contribution in [-0.2, 0) is 17.9 Å². The lowest BCUT2D eigenvalue weighted by molar-refractivity contribution is -0.124. The molecule has 156 valence electrons. The standard InChI is InChI=1S/C22H31N5O2/c1-14-5-4-6-19(23-14)12-26-10-17-8-20(21(28)9-18(17)11-26)24-22(29)13-27-16(3)7-15(2)25-27/h4-7,17-18,20-21,28H,8-13H2,1-3H3,(H,24,29)/t17-,18+,20-,21-/m0/s1. The summed E-state index contributed by atoms with van der Waals surface area (Å²) in [5.74, 6) is 0.902. The summed E-state index contributed by atoms with van der Waals surface area (Å²) in [5, 5.41) is 18.0. The molecule has 1 amide bonds. The molecule has 0 aromatic carbocycles. The van der Waals surface area contributed by atoms with Crippen LogP contribution < -0.4 is 5.32 Å². The Hall–Kier alpha value is -2.25. The van der Waals surface area contributed by atoms with Gasteiger partial charge in [0.1, 0.15) is 6.54 Å². The number of hydrogen-bond acceptors (Lipinski definition) is 5. The van der Waals surface area contributed by atoms with Crippen LogP contribution in [0.1, 0.15) is 35.6 Å². The number of likely N-dealkylation sites (tertiary alicyclic amines) is 1. The van der Waals surface area contributed by atoms with Gasteiger partial charge in [0.25, 0.3) is 0 Å². The number of aliphatic hydroxyl groups is 1. The SMILES string of the molecule is Cc1cccc(CN2C[C@H]3C[C@H](O)[C@@H](NC(=O)Cn4nc(C)cc4C)C[C@H]3C2)n1. The van der Waals surface area contributed by atoms with Gasteiger partial charge in [-0.1, -0.05) is 6.07 Å². The molecule has 2 fully saturated rings. The predicted molar refractivity (Wildman–Crippen MR) is 110 cm³/mol. The van der Waals surface area contributed by atoms with Crippen LogP contribution in [-0.4, -0.2) is 55.9 Å². The van der Waals surface area contributed by atoms with Crippen LogP contribution in [0.4, 0.5) is 0 Å². The van der Waals surface area contributed by atoms with Crippen molar-refractivity contribution in [1.29, 1.82) is 0 Å². The Balaban J connectivity index is 1.33. The van der Waals surface area contributed by atoms with Gasteiger partial charge in [-0.05, 0) is 63.6 Å². The van der Waals surface area contributed by atoms with Crippen molar-refractivity contribution in [3.8, 4) is 0 Å². The highest BCUT2D eigenvalue weighted by molar-refractivity contribution is 5.76. The number of aliphatic hydroxyl groups excluding tert-OH is 1. The van der Waals surface area contributed by atoms with E-state index in [1.165, 1.54) is 0 Å². The summed E-state index contributed by atoms with van der Waals surface area (Å²) in [6.45, 7) is 8.92. The Kier molecular flexibility index (Phi) is 5.69. The molecule has 4 atom stereocenters. The number of fused-ring (bicyclic) bond motifs is 1. The maximum absolute atomic E-state index is 12.5. The van der Waals surface area contributed by atoms with Gasteiger partial charge in [0.2, 0.25) is 5.91 Å². The maximum atomic E-state index is 12.5. The van der Waals surface area contributed by atoms with E-state index in [-0.39, 0.29) is 18.5 Å². The predicted octanol–water partition coefficient (Wildman–Crippen LogP) is 1.59. The van der Waals surface area contributed by atoms with Gasteiger partial charge < -0.3 is 10.4 Å². The highest BCUT2D eigenvalue weighted by Gasteiger charge is 2.42. The third-order valence-electron chi connectivity index (χ3n) is 6.29. The van der Waals surface area contributed by atoms with Gasteiger partial charge in [0.05, 0.1) is 23.5 Å². The van der Waals surface area contributed by atoms with Crippen LogP contribution in [0, 0.1) is 32.6 Å². The summed E-state index contributed by atoms with van der Waals surface area (Å²) in [6.07, 6.45) is 1.08. The number of amides is 1. The number of carbonyl (C=O) groups excluding carboxylic acids is 1. The number of hydrogen-bond donors (Lipinski definition) is 2. The molecule has 1 saturated heterocycles. The van der Waals surface area contributed by atoms with Crippen molar-refractivity contribution in [2.24, 2.45) is 11.8 Å². The van der Waals surface area contributed by atoms with E-state index in [0.717, 1.165) is 55.3 Å². The molecule has 4 rings (SSSR count). The number of nitrogens with zero attached hydrogens (tertiary/aromatic N) is 4. The van der Waals surface area contributed by atoms with Crippen molar-refractivity contribution in [3.05, 3.63) is 47.0 Å². The Bertz CT molecular complexity index is 880. The lowest BCUT2D eigenvalue weighted by Crippen LogP contribution is -2.50. The molecule has 0 radical (unpaired) electrons. The van der Waals surface area contributed by atoms with Gasteiger partial charge in [0, 0.05) is 31.0 Å². The third-order valence-corrected chi connectivity index (χ3v) is 6.29. The summed E-state index contributed by atoms with van der Waals surface area (Å²) >= 11 is 0. The van der Waals surface area contributed by atoms with Crippen molar-refractivity contribution < 1.29 is 9.90 Å². The Morgan fingerprint density at radius 2 is 1.93 bits per heavy atom. The van der Waals surface area contributed by atoms with Crippen LogP contribution in [0.15, 0.2) is 24.3 Å². The van der Waals surface area contributed by atoms with Crippen molar-refractivity contribution in [1.82, 2.24) is 25.0 Å². The van der Waals surface area contributed by atoms with Gasteiger partial charge in [-0.2, -0.15) is 5.10 Å². The minimum absolute atomic E-state index is 0.0856. The highest BCUT2D eigenvalue weighted by Crippen LogP contribution is 2.37. The molecule has 2 aromatic heterocycles. The second kappa shape index (κ2) is 8.24. The molecule has 1 saturated carbocycles. The monoisotopic (exact) mass is 397 g/mol. The number of pyridine rings is 1. The molecule has 3 heterocycles. The van der Waals surface area contributed by atoms with Crippen molar-refractivity contribution in [3.63, 3.8) is 0 Å². The lowest BCUT2D eigenvalue weighted by Gasteiger charge is -2.35. The molecule has 2 N–H and O–H groups in total. The number of nitrogens with one attached hydrogen (secondary N) is 1. The van der Waals surface area contributed by atoms with Crippen LogP contribution in [0.25, 0.3) is 0 Å². The highest BCUT2D eigenvalue weighted by atomic mass is 16.3. The van der Waals surface area contributed by atoms with E-state index in [0.29, 0.717) is 11.8 Å². The number of aryl methyl sites for hydroxylation is 3. The van der Waals surface area contributed by atoms with Crippen molar-refractivity contribution in [2.45, 2.75) is 58.8 Å². The zero-order chi connectivity index (χ0) is 20.5. The molecule has 7 nitrogen and oxygen atoms in total. The van der Waals surface area contributed by atoms with Gasteiger partial charge in [0.15, 0.2) is 0 Å². The molecule has 2 aliphatic rings. The largest absolute Gasteiger partial charge is 0.391 e. The number of rotatable bonds is 5. The second-order valence-electron chi connectivity index (χ2n) is 8.78. The summed E-state index contributed by atoms with van der Waals surface area (Å²) in [4.78, 5) is 19.6. The molecule has 0 bridgehead atoms. The summed E-state index contributed by atoms with van der Waals surface area (Å²) < 4.78 is 1.72. The Morgan fingerprint density at radius 3 is 2.62 bits per heavy atom. The number of aromatic nitrogens is 3. The van der Waals surface area contributed by atoms with E-state index >= 15 is 0 Å². The first-order chi connectivity index (χ1) is 13.9. The maximum Gasteiger partial charge on any atom is 0.242 e. The zero-order valence-corrected chi connectivity index (χ0v) is 17.5. The van der Waals surface area contributed by atoms with E-state index in [1.807, 2.05) is 32.9 Å². The molecule has 2 aromatic rings. The first-order valence-corrected chi connectivity index (χ1v) is 10.5. The first-order valence-electron chi connectivity index (χ1n) is 10.5. The van der Waals surface area contributed by atoms with Crippen molar-refractivity contribution >= 4 is 5.91 Å². The quantitative estimate of drug-likeness (QED) is 0.801. The Morgan fingerprint density at radius 1 is 1.17 bits per heavy atom. The van der Waals surface area contributed by atoms with Gasteiger partial charge in [-0.15, -0.1) is 0 Å². The molecule has 1 aliphatic carbocycles. The molecule has 1 aliphatic heterocycles. The van der Waals surface area contributed by atoms with E-state index < -0.39 is 6.10 Å². The minimum atomic E-state index is -0.488. The van der Waals surface area contributed by atoms with E-state index in [4.69, 9.17) is 0 Å². The average Bonchev–Trinajstić information content (AvgIpc) is 3.16. The second-order valence-corrected chi connectivity index (χ2v) is 8.78. The van der Waals surface area contributed by atoms with Crippen LogP contribution in [0.3, 0.4) is 0 Å². The van der Waals surface area contributed by atoms with Crippen molar-refractivity contribution in [2.75, 3.05) is 13.1 Å². The average molecular weight is 398 g/mol. The van der Waals surface area contributed by atoms with Crippen LogP contribution in [0.5, 0.6) is 0 Å². The number of carbonyl (C=O) groups is 1. The molecular formula is C22H31N5O2. The van der Waals surface area contributed by atoms with E-state index in [1.54, 1.807) is 4.68 Å². The summed E-state index contributed by atoms with van der Waals surface area (Å²) in [7, 11) is 0. The fraction of sp³-hybridized carbons (Fsp3) is 0.591. The smallest absolute Gasteiger partial charge is 0.242 e. The van der Waals surface area contributed by atoms with Crippen LogP contribution >= 0.6 is 0 Å². The molecule has 0 unspecified atom stereocenters. The fourth-order valence-corrected chi connectivity index (χ4v) is 4.95. The zero-order valence-electron chi connectivity index (χ0n) is 17.5. The molecular weight excluding hydrogens is 366 g/mol. The molecule has 0 spiro atoms. The Labute approximate surface area is 172 Å². The fourth-order valence-electron chi connectivity index (χ4n) is 4.95. The van der Waals surface area contributed by atoms with Crippen LogP contribution in [0.2, 0.25) is 0 Å². The van der Waals surface area contributed by atoms with E-state index in [9.17, 15) is 9.90 Å². The van der Waals surface area contributed by atoms with Gasteiger partial charge in [-0.3, -0.25) is 19.4 Å². The van der Waals surface area contributed by atoms with E-state index in [2.05, 4.69) is 32.4 Å². The van der Waals surface area contributed by atoms with Gasteiger partial charge in [-0.25, -0.2) is 0 Å². The van der Waals surface area contributed by atoms with Gasteiger partial charge >= 0.3 is 0 Å².